The van der Waals surface area contributed by atoms with Gasteiger partial charge in [0.15, 0.2) is 0 Å². The van der Waals surface area contributed by atoms with Crippen LogP contribution in [0, 0.1) is 0 Å². The van der Waals surface area contributed by atoms with Crippen LogP contribution in [0.4, 0.5) is 5.69 Å². The highest BCUT2D eigenvalue weighted by molar-refractivity contribution is 5.90. The van der Waals surface area contributed by atoms with Crippen LogP contribution in [-0.4, -0.2) is 38.2 Å². The van der Waals surface area contributed by atoms with Crippen molar-refractivity contribution in [3.05, 3.63) is 48.3 Å². The van der Waals surface area contributed by atoms with Crippen molar-refractivity contribution in [1.29, 1.82) is 0 Å². The Bertz CT molecular complexity index is 733. The average Bonchev–Trinajstić information content (AvgIpc) is 3.11. The predicted molar refractivity (Wildman–Crippen MR) is 92.6 cm³/mol. The molecule has 3 heterocycles. The molecule has 7 nitrogen and oxygen atoms in total. The highest BCUT2D eigenvalue weighted by Gasteiger charge is 2.28. The van der Waals surface area contributed by atoms with E-state index in [2.05, 4.69) is 20.3 Å². The Morgan fingerprint density at radius 1 is 1.28 bits per heavy atom. The number of aromatic nitrogens is 3. The summed E-state index contributed by atoms with van der Waals surface area (Å²) in [5.74, 6) is -0.0159. The van der Waals surface area contributed by atoms with Crippen LogP contribution in [0.2, 0.25) is 0 Å². The summed E-state index contributed by atoms with van der Waals surface area (Å²) in [6.45, 7) is 2.36. The van der Waals surface area contributed by atoms with Crippen LogP contribution in [0.3, 0.4) is 0 Å². The zero-order valence-corrected chi connectivity index (χ0v) is 14.2. The van der Waals surface area contributed by atoms with Gasteiger partial charge in [0.25, 0.3) is 0 Å². The molecule has 130 valence electrons. The lowest BCUT2D eigenvalue weighted by Crippen LogP contribution is -2.28. The van der Waals surface area contributed by atoms with Crippen LogP contribution in [0.25, 0.3) is 0 Å². The monoisotopic (exact) mass is 339 g/mol. The maximum absolute atomic E-state index is 11.9. The van der Waals surface area contributed by atoms with Crippen molar-refractivity contribution in [3.63, 3.8) is 0 Å². The molecule has 0 radical (unpaired) electrons. The number of likely N-dealkylation sites (tertiary alicyclic amines) is 1. The minimum atomic E-state index is -0.0857. The van der Waals surface area contributed by atoms with Crippen molar-refractivity contribution in [2.45, 2.75) is 38.6 Å². The van der Waals surface area contributed by atoms with E-state index in [1.165, 1.54) is 0 Å². The number of carbonyl (C=O) groups is 2. The number of rotatable bonds is 5. The maximum atomic E-state index is 11.9. The lowest BCUT2D eigenvalue weighted by atomic mass is 10.1. The molecule has 0 saturated carbocycles. The lowest BCUT2D eigenvalue weighted by Gasteiger charge is -2.22. The molecular formula is C18H21N5O2. The van der Waals surface area contributed by atoms with Gasteiger partial charge in [0.05, 0.1) is 35.5 Å². The second kappa shape index (κ2) is 7.83. The first-order chi connectivity index (χ1) is 12.1. The fourth-order valence-electron chi connectivity index (χ4n) is 3.02. The minimum Gasteiger partial charge on any atom is -0.334 e. The second-order valence-corrected chi connectivity index (χ2v) is 6.09. The van der Waals surface area contributed by atoms with E-state index >= 15 is 0 Å². The SMILES string of the molecule is CC(=O)N1CCCC1c1cnc(CCC(=O)Nc2cccnc2)cn1. The molecule has 1 aliphatic rings. The van der Waals surface area contributed by atoms with Gasteiger partial charge < -0.3 is 10.2 Å². The fraction of sp³-hybridized carbons (Fsp3) is 0.389. The van der Waals surface area contributed by atoms with E-state index in [9.17, 15) is 9.59 Å². The number of nitrogens with zero attached hydrogens (tertiary/aromatic N) is 4. The van der Waals surface area contributed by atoms with Crippen molar-refractivity contribution in [3.8, 4) is 0 Å². The normalized spacial score (nSPS) is 16.7. The number of hydrogen-bond donors (Lipinski definition) is 1. The summed E-state index contributed by atoms with van der Waals surface area (Å²) < 4.78 is 0. The van der Waals surface area contributed by atoms with Crippen molar-refractivity contribution >= 4 is 17.5 Å². The number of hydrogen-bond acceptors (Lipinski definition) is 5. The third-order valence-corrected chi connectivity index (χ3v) is 4.28. The number of pyridine rings is 1. The molecule has 1 aliphatic heterocycles. The average molecular weight is 339 g/mol. The first-order valence-electron chi connectivity index (χ1n) is 8.41. The van der Waals surface area contributed by atoms with E-state index in [1.807, 2.05) is 4.90 Å². The maximum Gasteiger partial charge on any atom is 0.224 e. The Balaban J connectivity index is 1.54. The zero-order chi connectivity index (χ0) is 17.6. The van der Waals surface area contributed by atoms with E-state index in [4.69, 9.17) is 0 Å². The van der Waals surface area contributed by atoms with E-state index in [1.54, 1.807) is 43.8 Å². The van der Waals surface area contributed by atoms with Gasteiger partial charge >= 0.3 is 0 Å². The standard InChI is InChI=1S/C18H21N5O2/c1-13(24)23-9-3-5-17(23)16-12-20-14(11-21-16)6-7-18(25)22-15-4-2-8-19-10-15/h2,4,8,10-12,17H,3,5-7,9H2,1H3,(H,22,25). The number of anilines is 1. The first kappa shape index (κ1) is 17.0. The van der Waals surface area contributed by atoms with Gasteiger partial charge in [0, 0.05) is 32.3 Å². The molecule has 3 rings (SSSR count). The topological polar surface area (TPSA) is 88.1 Å². The van der Waals surface area contributed by atoms with E-state index in [0.717, 1.165) is 30.8 Å². The molecule has 25 heavy (non-hydrogen) atoms. The van der Waals surface area contributed by atoms with Crippen molar-refractivity contribution < 1.29 is 9.59 Å². The Labute approximate surface area is 146 Å². The van der Waals surface area contributed by atoms with Crippen molar-refractivity contribution in [1.82, 2.24) is 19.9 Å². The van der Waals surface area contributed by atoms with Gasteiger partial charge in [-0.05, 0) is 31.4 Å². The number of nitrogens with one attached hydrogen (secondary N) is 1. The summed E-state index contributed by atoms with van der Waals surface area (Å²) in [6.07, 6.45) is 9.43. The van der Waals surface area contributed by atoms with E-state index < -0.39 is 0 Å². The summed E-state index contributed by atoms with van der Waals surface area (Å²) in [4.78, 5) is 38.3. The van der Waals surface area contributed by atoms with Crippen LogP contribution in [-0.2, 0) is 16.0 Å². The number of amides is 2. The number of carbonyl (C=O) groups excluding carboxylic acids is 2. The van der Waals surface area contributed by atoms with Crippen LogP contribution < -0.4 is 5.32 Å². The predicted octanol–water partition coefficient (Wildman–Crippen LogP) is 2.13. The highest BCUT2D eigenvalue weighted by Crippen LogP contribution is 2.30. The van der Waals surface area contributed by atoms with Crippen LogP contribution >= 0.6 is 0 Å². The minimum absolute atomic E-state index is 0.0212. The van der Waals surface area contributed by atoms with Gasteiger partial charge in [-0.1, -0.05) is 0 Å². The molecule has 1 fully saturated rings. The zero-order valence-electron chi connectivity index (χ0n) is 14.2. The molecule has 1 atom stereocenters. The summed E-state index contributed by atoms with van der Waals surface area (Å²) in [5, 5.41) is 2.79. The first-order valence-corrected chi connectivity index (χ1v) is 8.41. The smallest absolute Gasteiger partial charge is 0.224 e. The molecule has 1 unspecified atom stereocenters. The quantitative estimate of drug-likeness (QED) is 0.901. The summed E-state index contributed by atoms with van der Waals surface area (Å²) in [7, 11) is 0. The summed E-state index contributed by atoms with van der Waals surface area (Å²) in [6, 6.07) is 3.59. The molecule has 1 saturated heterocycles. The Morgan fingerprint density at radius 2 is 2.16 bits per heavy atom. The molecule has 1 N–H and O–H groups in total. The molecular weight excluding hydrogens is 318 g/mol. The number of aryl methyl sites for hydroxylation is 1. The van der Waals surface area contributed by atoms with E-state index in [0.29, 0.717) is 18.5 Å². The molecule has 0 bridgehead atoms. The Morgan fingerprint density at radius 3 is 2.84 bits per heavy atom. The largest absolute Gasteiger partial charge is 0.334 e. The van der Waals surface area contributed by atoms with Gasteiger partial charge in [-0.2, -0.15) is 0 Å². The Kier molecular flexibility index (Phi) is 5.33. The van der Waals surface area contributed by atoms with Crippen molar-refractivity contribution in [2.75, 3.05) is 11.9 Å². The third kappa shape index (κ3) is 4.37. The van der Waals surface area contributed by atoms with Crippen LogP contribution in [0.5, 0.6) is 0 Å². The fourth-order valence-corrected chi connectivity index (χ4v) is 3.02. The molecule has 0 spiro atoms. The van der Waals surface area contributed by atoms with Crippen molar-refractivity contribution in [2.24, 2.45) is 0 Å². The molecule has 2 aromatic heterocycles. The van der Waals surface area contributed by atoms with E-state index in [-0.39, 0.29) is 17.9 Å². The summed E-state index contributed by atoms with van der Waals surface area (Å²) in [5.41, 5.74) is 2.26. The molecule has 0 aliphatic carbocycles. The van der Waals surface area contributed by atoms with Crippen LogP contribution in [0.1, 0.15) is 43.6 Å². The van der Waals surface area contributed by atoms with Crippen LogP contribution in [0.15, 0.2) is 36.9 Å². The Hall–Kier alpha value is -2.83. The molecule has 7 heteroatoms. The summed E-state index contributed by atoms with van der Waals surface area (Å²) >= 11 is 0. The van der Waals surface area contributed by atoms with Gasteiger partial charge in [-0.3, -0.25) is 24.5 Å². The molecule has 0 aromatic carbocycles. The highest BCUT2D eigenvalue weighted by atomic mass is 16.2. The molecule has 2 amide bonds. The van der Waals surface area contributed by atoms with Gasteiger partial charge in [0.1, 0.15) is 0 Å². The second-order valence-electron chi connectivity index (χ2n) is 6.09. The van der Waals surface area contributed by atoms with Gasteiger partial charge in [-0.15, -0.1) is 0 Å². The van der Waals surface area contributed by atoms with Gasteiger partial charge in [-0.25, -0.2) is 0 Å². The molecule has 2 aromatic rings. The lowest BCUT2D eigenvalue weighted by molar-refractivity contribution is -0.129. The van der Waals surface area contributed by atoms with Gasteiger partial charge in [0.2, 0.25) is 11.8 Å². The third-order valence-electron chi connectivity index (χ3n) is 4.28.